The highest BCUT2D eigenvalue weighted by molar-refractivity contribution is 6.33. The van der Waals surface area contributed by atoms with Gasteiger partial charge in [-0.25, -0.2) is 0 Å². The fraction of sp³-hybridized carbons (Fsp3) is 0.571. The van der Waals surface area contributed by atoms with Gasteiger partial charge in [-0.05, 0) is 30.9 Å². The number of nitrogens with one attached hydrogen (secondary N) is 1. The molecular weight excluding hydrogens is 218 g/mol. The van der Waals surface area contributed by atoms with Gasteiger partial charge < -0.3 is 5.32 Å². The molecule has 0 aliphatic heterocycles. The molecule has 0 spiro atoms. The Hall–Kier alpha value is -0.690. The van der Waals surface area contributed by atoms with E-state index in [0.717, 1.165) is 16.6 Å². The Morgan fingerprint density at radius 1 is 1.25 bits per heavy atom. The number of hydrogen-bond acceptors (Lipinski definition) is 1. The molecule has 2 unspecified atom stereocenters. The van der Waals surface area contributed by atoms with Crippen molar-refractivity contribution in [3.63, 3.8) is 0 Å². The highest BCUT2D eigenvalue weighted by Crippen LogP contribution is 2.31. The second-order valence-corrected chi connectivity index (χ2v) is 5.09. The first-order chi connectivity index (χ1) is 7.81. The summed E-state index contributed by atoms with van der Waals surface area (Å²) in [7, 11) is 0. The summed E-state index contributed by atoms with van der Waals surface area (Å²) in [6, 6.07) is 8.65. The molecule has 1 saturated carbocycles. The van der Waals surface area contributed by atoms with Gasteiger partial charge in [-0.2, -0.15) is 0 Å². The Morgan fingerprint density at radius 3 is 2.75 bits per heavy atom. The van der Waals surface area contributed by atoms with Crippen molar-refractivity contribution in [3.05, 3.63) is 29.3 Å². The third-order valence-electron chi connectivity index (χ3n) is 3.65. The minimum Gasteiger partial charge on any atom is -0.381 e. The predicted molar refractivity (Wildman–Crippen MR) is 71.1 cm³/mol. The number of benzene rings is 1. The number of para-hydroxylation sites is 1. The van der Waals surface area contributed by atoms with Crippen LogP contribution in [0.4, 0.5) is 5.69 Å². The van der Waals surface area contributed by atoms with Crippen molar-refractivity contribution in [3.8, 4) is 0 Å². The van der Waals surface area contributed by atoms with Gasteiger partial charge in [-0.3, -0.25) is 0 Å². The first-order valence-electron chi connectivity index (χ1n) is 6.32. The van der Waals surface area contributed by atoms with Crippen molar-refractivity contribution in [2.45, 2.75) is 45.1 Å². The van der Waals surface area contributed by atoms with Crippen LogP contribution in [0.15, 0.2) is 24.3 Å². The van der Waals surface area contributed by atoms with E-state index in [1.807, 2.05) is 18.2 Å². The largest absolute Gasteiger partial charge is 0.381 e. The Morgan fingerprint density at radius 2 is 2.00 bits per heavy atom. The zero-order valence-corrected chi connectivity index (χ0v) is 10.6. The second-order valence-electron chi connectivity index (χ2n) is 4.68. The van der Waals surface area contributed by atoms with Gasteiger partial charge in [0, 0.05) is 6.04 Å². The molecule has 1 aromatic rings. The number of hydrogen-bond donors (Lipinski definition) is 1. The lowest BCUT2D eigenvalue weighted by molar-refractivity contribution is 0.317. The molecule has 1 N–H and O–H groups in total. The topological polar surface area (TPSA) is 12.0 Å². The molecule has 2 atom stereocenters. The van der Waals surface area contributed by atoms with E-state index in [2.05, 4.69) is 18.3 Å². The van der Waals surface area contributed by atoms with Crippen LogP contribution in [0.1, 0.15) is 39.0 Å². The van der Waals surface area contributed by atoms with Gasteiger partial charge in [0.1, 0.15) is 0 Å². The molecule has 0 heterocycles. The van der Waals surface area contributed by atoms with Crippen molar-refractivity contribution in [2.75, 3.05) is 5.32 Å². The third kappa shape index (κ3) is 2.70. The van der Waals surface area contributed by atoms with Crippen LogP contribution in [-0.2, 0) is 0 Å². The van der Waals surface area contributed by atoms with Gasteiger partial charge in [0.15, 0.2) is 0 Å². The van der Waals surface area contributed by atoms with Crippen molar-refractivity contribution < 1.29 is 0 Å². The molecule has 1 aliphatic rings. The van der Waals surface area contributed by atoms with Crippen molar-refractivity contribution in [2.24, 2.45) is 5.92 Å². The highest BCUT2D eigenvalue weighted by Gasteiger charge is 2.23. The average molecular weight is 238 g/mol. The molecule has 0 radical (unpaired) electrons. The Balaban J connectivity index is 2.05. The second kappa shape index (κ2) is 5.58. The van der Waals surface area contributed by atoms with Gasteiger partial charge in [0.05, 0.1) is 10.7 Å². The van der Waals surface area contributed by atoms with Gasteiger partial charge in [-0.15, -0.1) is 0 Å². The lowest BCUT2D eigenvalue weighted by atomic mass is 9.83. The third-order valence-corrected chi connectivity index (χ3v) is 3.98. The molecule has 0 bridgehead atoms. The molecule has 0 aromatic heterocycles. The summed E-state index contributed by atoms with van der Waals surface area (Å²) in [6.07, 6.45) is 6.64. The monoisotopic (exact) mass is 237 g/mol. The van der Waals surface area contributed by atoms with E-state index in [9.17, 15) is 0 Å². The van der Waals surface area contributed by atoms with Crippen LogP contribution in [-0.4, -0.2) is 6.04 Å². The van der Waals surface area contributed by atoms with Gasteiger partial charge in [-0.1, -0.05) is 49.9 Å². The fourth-order valence-corrected chi connectivity index (χ4v) is 2.85. The lowest BCUT2D eigenvalue weighted by Crippen LogP contribution is -2.31. The molecule has 2 rings (SSSR count). The average Bonchev–Trinajstić information content (AvgIpc) is 2.33. The minimum atomic E-state index is 0.610. The van der Waals surface area contributed by atoms with Crippen LogP contribution in [0.25, 0.3) is 0 Å². The molecule has 0 saturated heterocycles. The summed E-state index contributed by atoms with van der Waals surface area (Å²) in [6.45, 7) is 2.29. The lowest BCUT2D eigenvalue weighted by Gasteiger charge is -2.32. The maximum absolute atomic E-state index is 6.17. The molecule has 2 heteroatoms. The molecule has 88 valence electrons. The predicted octanol–water partition coefficient (Wildman–Crippen LogP) is 4.72. The molecule has 1 nitrogen and oxygen atoms in total. The summed E-state index contributed by atoms with van der Waals surface area (Å²) in [5.74, 6) is 0.810. The quantitative estimate of drug-likeness (QED) is 0.802. The van der Waals surface area contributed by atoms with E-state index in [1.165, 1.54) is 32.1 Å². The van der Waals surface area contributed by atoms with Crippen LogP contribution in [0.2, 0.25) is 5.02 Å². The van der Waals surface area contributed by atoms with Gasteiger partial charge >= 0.3 is 0 Å². The number of halogens is 1. The van der Waals surface area contributed by atoms with E-state index in [0.29, 0.717) is 6.04 Å². The van der Waals surface area contributed by atoms with E-state index >= 15 is 0 Å². The van der Waals surface area contributed by atoms with Crippen LogP contribution in [0, 0.1) is 5.92 Å². The first-order valence-corrected chi connectivity index (χ1v) is 6.70. The summed E-state index contributed by atoms with van der Waals surface area (Å²) in [5.41, 5.74) is 1.09. The van der Waals surface area contributed by atoms with Crippen molar-refractivity contribution in [1.29, 1.82) is 0 Å². The van der Waals surface area contributed by atoms with Crippen molar-refractivity contribution >= 4 is 17.3 Å². The van der Waals surface area contributed by atoms with E-state index in [1.54, 1.807) is 0 Å². The molecule has 1 fully saturated rings. The fourth-order valence-electron chi connectivity index (χ4n) is 2.66. The normalized spacial score (nSPS) is 25.4. The van der Waals surface area contributed by atoms with Crippen molar-refractivity contribution in [1.82, 2.24) is 0 Å². The molecule has 16 heavy (non-hydrogen) atoms. The van der Waals surface area contributed by atoms with E-state index in [-0.39, 0.29) is 0 Å². The summed E-state index contributed by atoms with van der Waals surface area (Å²) < 4.78 is 0. The standard InChI is InChI=1S/C14H20ClN/c1-2-11-7-3-5-9-13(11)16-14-10-6-4-8-12(14)15/h4,6,8,10-11,13,16H,2-3,5,7,9H2,1H3. The van der Waals surface area contributed by atoms with E-state index in [4.69, 9.17) is 11.6 Å². The number of anilines is 1. The summed E-state index contributed by atoms with van der Waals surface area (Å²) in [5, 5.41) is 4.45. The Bertz CT molecular complexity index is 337. The first kappa shape index (κ1) is 11.8. The minimum absolute atomic E-state index is 0.610. The summed E-state index contributed by atoms with van der Waals surface area (Å²) >= 11 is 6.17. The molecule has 0 amide bonds. The number of rotatable bonds is 3. The zero-order valence-electron chi connectivity index (χ0n) is 9.88. The van der Waals surface area contributed by atoms with Gasteiger partial charge in [0.2, 0.25) is 0 Å². The van der Waals surface area contributed by atoms with Crippen LogP contribution in [0.5, 0.6) is 0 Å². The van der Waals surface area contributed by atoms with Crippen LogP contribution < -0.4 is 5.32 Å². The highest BCUT2D eigenvalue weighted by atomic mass is 35.5. The van der Waals surface area contributed by atoms with Crippen LogP contribution in [0.3, 0.4) is 0 Å². The van der Waals surface area contributed by atoms with Gasteiger partial charge in [0.25, 0.3) is 0 Å². The van der Waals surface area contributed by atoms with E-state index < -0.39 is 0 Å². The smallest absolute Gasteiger partial charge is 0.0637 e. The summed E-state index contributed by atoms with van der Waals surface area (Å²) in [4.78, 5) is 0. The molecule has 1 aromatic carbocycles. The Kier molecular flexibility index (Phi) is 4.11. The van der Waals surface area contributed by atoms with Crippen LogP contribution >= 0.6 is 11.6 Å². The SMILES string of the molecule is CCC1CCCCC1Nc1ccccc1Cl. The maximum atomic E-state index is 6.17. The Labute approximate surface area is 103 Å². The maximum Gasteiger partial charge on any atom is 0.0637 e. The zero-order chi connectivity index (χ0) is 11.4. The molecular formula is C14H20ClN. The molecule has 1 aliphatic carbocycles.